The topological polar surface area (TPSA) is 17.1 Å². The van der Waals surface area contributed by atoms with E-state index in [1.165, 1.54) is 5.57 Å². The molecule has 0 saturated carbocycles. The average Bonchev–Trinajstić information content (AvgIpc) is 1.95. The summed E-state index contributed by atoms with van der Waals surface area (Å²) in [6.45, 7) is 5.77. The molecule has 0 atom stereocenters. The average molecular weight is 136 g/mol. The van der Waals surface area contributed by atoms with E-state index in [1.54, 1.807) is 0 Å². The van der Waals surface area contributed by atoms with Crippen molar-refractivity contribution in [2.75, 3.05) is 0 Å². The van der Waals surface area contributed by atoms with E-state index in [9.17, 15) is 4.79 Å². The Balaban J connectivity index is 2.75. The van der Waals surface area contributed by atoms with Gasteiger partial charge in [-0.3, -0.25) is 4.79 Å². The van der Waals surface area contributed by atoms with Gasteiger partial charge in [0, 0.05) is 12.0 Å². The van der Waals surface area contributed by atoms with E-state index >= 15 is 0 Å². The van der Waals surface area contributed by atoms with Crippen molar-refractivity contribution in [1.29, 1.82) is 0 Å². The Bertz CT molecular complexity index is 199. The number of hydrogen-bond donors (Lipinski definition) is 0. The molecule has 0 amide bonds. The van der Waals surface area contributed by atoms with Crippen molar-refractivity contribution in [1.82, 2.24) is 0 Å². The maximum atomic E-state index is 10.9. The van der Waals surface area contributed by atoms with Gasteiger partial charge in [-0.2, -0.15) is 0 Å². The van der Waals surface area contributed by atoms with Gasteiger partial charge < -0.3 is 0 Å². The summed E-state index contributed by atoms with van der Waals surface area (Å²) in [5.74, 6) is 0.206. The van der Waals surface area contributed by atoms with Crippen molar-refractivity contribution in [2.45, 2.75) is 26.2 Å². The quantitative estimate of drug-likeness (QED) is 0.505. The van der Waals surface area contributed by atoms with E-state index in [1.807, 2.05) is 6.08 Å². The third-order valence-electron chi connectivity index (χ3n) is 1.86. The first-order valence-corrected chi connectivity index (χ1v) is 3.65. The first-order chi connectivity index (χ1) is 4.74. The van der Waals surface area contributed by atoms with Crippen LogP contribution in [0.5, 0.6) is 0 Å². The molecule has 1 aliphatic carbocycles. The fourth-order valence-electron chi connectivity index (χ4n) is 1.11. The monoisotopic (exact) mass is 136 g/mol. The zero-order chi connectivity index (χ0) is 7.56. The molecule has 0 bridgehead atoms. The van der Waals surface area contributed by atoms with Crippen LogP contribution in [0.2, 0.25) is 0 Å². The Hall–Kier alpha value is -0.850. The van der Waals surface area contributed by atoms with Gasteiger partial charge >= 0.3 is 0 Å². The third-order valence-corrected chi connectivity index (χ3v) is 1.86. The second-order valence-electron chi connectivity index (χ2n) is 2.60. The molecule has 0 aromatic rings. The van der Waals surface area contributed by atoms with Gasteiger partial charge in [-0.15, -0.1) is 0 Å². The zero-order valence-corrected chi connectivity index (χ0v) is 6.31. The Morgan fingerprint density at radius 1 is 1.60 bits per heavy atom. The molecule has 0 aromatic carbocycles. The Morgan fingerprint density at radius 3 is 2.80 bits per heavy atom. The first kappa shape index (κ1) is 7.26. The van der Waals surface area contributed by atoms with E-state index < -0.39 is 0 Å². The predicted molar refractivity (Wildman–Crippen MR) is 41.8 cm³/mol. The Labute approximate surface area is 61.4 Å². The molecule has 0 fully saturated rings. The lowest BCUT2D eigenvalue weighted by atomic mass is 9.94. The minimum absolute atomic E-state index is 0.206. The molecule has 54 valence electrons. The molecule has 1 rings (SSSR count). The van der Waals surface area contributed by atoms with E-state index in [0.29, 0.717) is 12.0 Å². The number of Topliss-reactive ketones (excluding diaryl/α,β-unsaturated/α-hetero) is 1. The molecule has 0 N–H and O–H groups in total. The summed E-state index contributed by atoms with van der Waals surface area (Å²) >= 11 is 0. The first-order valence-electron chi connectivity index (χ1n) is 3.65. The predicted octanol–water partition coefficient (Wildman–Crippen LogP) is 2.24. The molecule has 1 nitrogen and oxygen atoms in total. The molecule has 0 aliphatic heterocycles. The van der Waals surface area contributed by atoms with Gasteiger partial charge in [-0.25, -0.2) is 0 Å². The van der Waals surface area contributed by atoms with E-state index in [-0.39, 0.29) is 5.78 Å². The summed E-state index contributed by atoms with van der Waals surface area (Å²) in [5.41, 5.74) is 2.03. The lowest BCUT2D eigenvalue weighted by molar-refractivity contribution is -0.115. The highest BCUT2D eigenvalue weighted by molar-refractivity contribution is 5.98. The molecule has 10 heavy (non-hydrogen) atoms. The molecule has 0 unspecified atom stereocenters. The number of hydrogen-bond acceptors (Lipinski definition) is 1. The summed E-state index contributed by atoms with van der Waals surface area (Å²) in [6.07, 6.45) is 4.57. The highest BCUT2D eigenvalue weighted by Crippen LogP contribution is 2.19. The summed E-state index contributed by atoms with van der Waals surface area (Å²) in [6, 6.07) is 0. The van der Waals surface area contributed by atoms with Crippen LogP contribution in [-0.4, -0.2) is 5.78 Å². The third kappa shape index (κ3) is 1.35. The summed E-state index contributed by atoms with van der Waals surface area (Å²) < 4.78 is 0. The number of ketones is 1. The molecule has 1 heteroatoms. The summed E-state index contributed by atoms with van der Waals surface area (Å²) in [5, 5.41) is 0. The maximum Gasteiger partial charge on any atom is 0.162 e. The highest BCUT2D eigenvalue weighted by Gasteiger charge is 2.11. The van der Waals surface area contributed by atoms with Gasteiger partial charge in [0.1, 0.15) is 0 Å². The number of carbonyl (C=O) groups excluding carboxylic acids is 1. The standard InChI is InChI=1S/C9H12O/c1-3-8-4-5-9(10)7(2)6-8/h6H,2-5H2,1H3. The highest BCUT2D eigenvalue weighted by atomic mass is 16.1. The Kier molecular flexibility index (Phi) is 2.05. The molecule has 0 aromatic heterocycles. The van der Waals surface area contributed by atoms with Crippen molar-refractivity contribution in [2.24, 2.45) is 0 Å². The van der Waals surface area contributed by atoms with Gasteiger partial charge in [0.05, 0.1) is 0 Å². The molecule has 0 heterocycles. The van der Waals surface area contributed by atoms with Crippen molar-refractivity contribution in [3.8, 4) is 0 Å². The van der Waals surface area contributed by atoms with Gasteiger partial charge in [0.2, 0.25) is 0 Å². The van der Waals surface area contributed by atoms with Crippen LogP contribution in [0.25, 0.3) is 0 Å². The number of rotatable bonds is 1. The zero-order valence-electron chi connectivity index (χ0n) is 6.31. The van der Waals surface area contributed by atoms with Crippen LogP contribution in [0.15, 0.2) is 23.8 Å². The van der Waals surface area contributed by atoms with Crippen LogP contribution in [0, 0.1) is 0 Å². The molecular weight excluding hydrogens is 124 g/mol. The van der Waals surface area contributed by atoms with E-state index in [4.69, 9.17) is 0 Å². The summed E-state index contributed by atoms with van der Waals surface area (Å²) in [4.78, 5) is 10.9. The van der Waals surface area contributed by atoms with Gasteiger partial charge in [0.25, 0.3) is 0 Å². The van der Waals surface area contributed by atoms with Crippen molar-refractivity contribution in [3.63, 3.8) is 0 Å². The van der Waals surface area contributed by atoms with E-state index in [0.717, 1.165) is 12.8 Å². The lowest BCUT2D eigenvalue weighted by Crippen LogP contribution is -2.05. The molecular formula is C9H12O. The van der Waals surface area contributed by atoms with Crippen LogP contribution in [0.4, 0.5) is 0 Å². The SMILES string of the molecule is C=C1C=C(CC)CCC1=O. The van der Waals surface area contributed by atoms with Crippen molar-refractivity contribution < 1.29 is 4.79 Å². The second-order valence-corrected chi connectivity index (χ2v) is 2.60. The van der Waals surface area contributed by atoms with Crippen molar-refractivity contribution >= 4 is 5.78 Å². The minimum Gasteiger partial charge on any atom is -0.294 e. The van der Waals surface area contributed by atoms with Crippen LogP contribution >= 0.6 is 0 Å². The smallest absolute Gasteiger partial charge is 0.162 e. The fourth-order valence-corrected chi connectivity index (χ4v) is 1.11. The Morgan fingerprint density at radius 2 is 2.30 bits per heavy atom. The molecule has 1 aliphatic rings. The molecule has 0 radical (unpaired) electrons. The van der Waals surface area contributed by atoms with Crippen LogP contribution in [0.1, 0.15) is 26.2 Å². The largest absolute Gasteiger partial charge is 0.294 e. The van der Waals surface area contributed by atoms with E-state index in [2.05, 4.69) is 13.5 Å². The van der Waals surface area contributed by atoms with Crippen LogP contribution in [0.3, 0.4) is 0 Å². The van der Waals surface area contributed by atoms with Gasteiger partial charge in [-0.1, -0.05) is 25.2 Å². The maximum absolute atomic E-state index is 10.9. The van der Waals surface area contributed by atoms with Crippen LogP contribution < -0.4 is 0 Å². The van der Waals surface area contributed by atoms with Crippen LogP contribution in [-0.2, 0) is 4.79 Å². The minimum atomic E-state index is 0.206. The summed E-state index contributed by atoms with van der Waals surface area (Å²) in [7, 11) is 0. The number of allylic oxidation sites excluding steroid dienone is 3. The molecule has 0 saturated heterocycles. The number of carbonyl (C=O) groups is 1. The van der Waals surface area contributed by atoms with Gasteiger partial charge in [0.15, 0.2) is 5.78 Å². The van der Waals surface area contributed by atoms with Gasteiger partial charge in [-0.05, 0) is 12.8 Å². The normalized spacial score (nSPS) is 19.1. The fraction of sp³-hybridized carbons (Fsp3) is 0.444. The molecule has 0 spiro atoms. The van der Waals surface area contributed by atoms with Crippen molar-refractivity contribution in [3.05, 3.63) is 23.8 Å². The lowest BCUT2D eigenvalue weighted by Gasteiger charge is -2.10. The second kappa shape index (κ2) is 2.82.